The third-order valence-corrected chi connectivity index (χ3v) is 5.94. The molecule has 0 bridgehead atoms. The molecule has 2 atom stereocenters. The number of benzene rings is 2. The van der Waals surface area contributed by atoms with Gasteiger partial charge in [0.05, 0.1) is 9.79 Å². The van der Waals surface area contributed by atoms with Crippen molar-refractivity contribution >= 4 is 44.7 Å². The smallest absolute Gasteiger partial charge is 0.298 e. The summed E-state index contributed by atoms with van der Waals surface area (Å²) in [6.07, 6.45) is 0. The molecule has 2 aromatic carbocycles. The van der Waals surface area contributed by atoms with Crippen LogP contribution in [0.3, 0.4) is 0 Å². The van der Waals surface area contributed by atoms with Crippen molar-refractivity contribution in [3.63, 3.8) is 0 Å². The van der Waals surface area contributed by atoms with E-state index in [0.717, 1.165) is 11.1 Å². The molecule has 0 saturated carbocycles. The Morgan fingerprint density at radius 2 is 1.37 bits per heavy atom. The highest BCUT2D eigenvalue weighted by molar-refractivity contribution is 7.86. The van der Waals surface area contributed by atoms with Crippen molar-refractivity contribution in [2.24, 2.45) is 0 Å². The Balaban J connectivity index is 2.21. The second-order valence-electron chi connectivity index (χ2n) is 5.97. The van der Waals surface area contributed by atoms with Crippen LogP contribution < -0.4 is 0 Å². The molecule has 0 aliphatic rings. The summed E-state index contributed by atoms with van der Waals surface area (Å²) in [7, 11) is 12.0. The molecule has 0 saturated heterocycles. The van der Waals surface area contributed by atoms with Crippen molar-refractivity contribution in [2.45, 2.75) is 34.7 Å². The zero-order valence-corrected chi connectivity index (χ0v) is 16.3. The van der Waals surface area contributed by atoms with E-state index >= 15 is 0 Å². The molecule has 0 aliphatic carbocycles. The van der Waals surface area contributed by atoms with Crippen LogP contribution in [0.1, 0.15) is 11.1 Å². The number of aryl methyl sites for hydroxylation is 2. The first kappa shape index (κ1) is 21.9. The van der Waals surface area contributed by atoms with Crippen molar-refractivity contribution < 1.29 is 26.1 Å². The summed E-state index contributed by atoms with van der Waals surface area (Å²) in [6, 6.07) is 11.8. The number of hydrogen-bond acceptors (Lipinski definition) is 6. The Hall–Kier alpha value is -1.39. The van der Waals surface area contributed by atoms with Crippen LogP contribution in [0.4, 0.5) is 0 Å². The highest BCUT2D eigenvalue weighted by Crippen LogP contribution is 2.27. The maximum Gasteiger partial charge on any atom is 0.298 e. The molecule has 2 aromatic rings. The normalized spacial score (nSPS) is 15.8. The van der Waals surface area contributed by atoms with Gasteiger partial charge in [-0.15, -0.1) is 0 Å². The largest absolute Gasteiger partial charge is 0.372 e. The van der Waals surface area contributed by atoms with Crippen molar-refractivity contribution in [1.29, 1.82) is 0 Å². The third-order valence-electron chi connectivity index (χ3n) is 3.53. The molecule has 2 rings (SSSR count). The van der Waals surface area contributed by atoms with E-state index in [1.54, 1.807) is 19.1 Å². The van der Waals surface area contributed by atoms with E-state index in [9.17, 15) is 17.7 Å². The fraction of sp³-hybridized carbons (Fsp3) is 0.250. The number of hydrogen-bond donors (Lipinski definition) is 1. The molecule has 136 valence electrons. The topological polar surface area (TPSA) is 89.9 Å². The second kappa shape index (κ2) is 7.93. The summed E-state index contributed by atoms with van der Waals surface area (Å²) in [5.74, 6) is 0. The van der Waals surface area contributed by atoms with Crippen LogP contribution in [0.25, 0.3) is 0 Å². The molecular weight excluding hydrogens is 385 g/mol. The quantitative estimate of drug-likeness (QED) is 0.415. The summed E-state index contributed by atoms with van der Waals surface area (Å²) >= 11 is -2.25. The van der Waals surface area contributed by atoms with Crippen LogP contribution in [-0.2, 0) is 29.6 Å². The van der Waals surface area contributed by atoms with E-state index in [-0.39, 0.29) is 9.79 Å². The molecule has 2 unspecified atom stereocenters. The zero-order valence-electron chi connectivity index (χ0n) is 14.7. The van der Waals surface area contributed by atoms with E-state index in [0.29, 0.717) is 0 Å². The molecule has 6 nitrogen and oxygen atoms in total. The highest BCUT2D eigenvalue weighted by atomic mass is 32.2. The Labute approximate surface area is 165 Å². The Kier molecular flexibility index (Phi) is 6.43. The van der Waals surface area contributed by atoms with Crippen LogP contribution in [0.15, 0.2) is 58.3 Å². The fourth-order valence-corrected chi connectivity index (χ4v) is 3.72. The van der Waals surface area contributed by atoms with E-state index in [1.165, 1.54) is 36.4 Å². The molecule has 1 N–H and O–H groups in total. The monoisotopic (exact) mass is 400 g/mol. The molecule has 0 heterocycles. The fourth-order valence-electron chi connectivity index (χ4n) is 1.87. The lowest BCUT2D eigenvalue weighted by atomic mass is 9.55. The maximum atomic E-state index is 12.3. The lowest BCUT2D eigenvalue weighted by Gasteiger charge is -2.39. The van der Waals surface area contributed by atoms with Gasteiger partial charge >= 0.3 is 0 Å². The van der Waals surface area contributed by atoms with Crippen LogP contribution in [0.5, 0.6) is 0 Å². The lowest BCUT2D eigenvalue weighted by molar-refractivity contribution is -0.115. The second-order valence-corrected chi connectivity index (χ2v) is 8.62. The van der Waals surface area contributed by atoms with Gasteiger partial charge in [-0.2, -0.15) is 8.42 Å². The van der Waals surface area contributed by atoms with Gasteiger partial charge in [0.2, 0.25) is 0 Å². The first-order valence-corrected chi connectivity index (χ1v) is 10.1. The zero-order chi connectivity index (χ0) is 20.5. The molecule has 0 spiro atoms. The average molecular weight is 400 g/mol. The van der Waals surface area contributed by atoms with Gasteiger partial charge in [-0.1, -0.05) is 35.4 Å². The summed E-state index contributed by atoms with van der Waals surface area (Å²) in [6.45, 7) is 3.58. The van der Waals surface area contributed by atoms with Gasteiger partial charge in [-0.25, -0.2) is 8.39 Å². The minimum atomic E-state index is -4.54. The van der Waals surface area contributed by atoms with E-state index < -0.39 is 32.3 Å². The van der Waals surface area contributed by atoms with Gasteiger partial charge in [-0.3, -0.25) is 4.18 Å². The molecule has 6 radical (unpaired) electrons. The van der Waals surface area contributed by atoms with E-state index in [1.807, 2.05) is 6.92 Å². The summed E-state index contributed by atoms with van der Waals surface area (Å²) in [5.41, 5.74) is -1.50. The van der Waals surface area contributed by atoms with Crippen LogP contribution in [0, 0.1) is 13.8 Å². The minimum Gasteiger partial charge on any atom is -0.372 e. The molecule has 27 heavy (non-hydrogen) atoms. The van der Waals surface area contributed by atoms with Gasteiger partial charge in [0.25, 0.3) is 10.1 Å². The number of aliphatic hydroxyl groups is 1. The van der Waals surface area contributed by atoms with Gasteiger partial charge in [0.1, 0.15) is 21.4 Å². The van der Waals surface area contributed by atoms with Crippen LogP contribution in [-0.4, -0.2) is 52.4 Å². The molecule has 0 aliphatic heterocycles. The summed E-state index contributed by atoms with van der Waals surface area (Å²) in [4.78, 5) is -0.106. The minimum absolute atomic E-state index is 0.179. The number of rotatable bonds is 7. The van der Waals surface area contributed by atoms with E-state index in [4.69, 9.17) is 27.7 Å². The molecule has 0 aromatic heterocycles. The SMILES string of the molecule is [B]C([B])(OS(=O)c1ccc(C)cc1)C([B])(O)OS(=O)(=O)c1ccc(C)cc1. The summed E-state index contributed by atoms with van der Waals surface area (Å²) in [5, 5.41) is 7.38. The Bertz CT molecular complexity index is 926. The standard InChI is InChI=1S/C16H15B3O6S2/c1-11-3-7-13(8-4-11)26(21)24-15(17,18)16(19,20)25-27(22,23)14-9-5-12(2)6-10-14/h3-10,20H,1-2H3. The van der Waals surface area contributed by atoms with Crippen LogP contribution >= 0.6 is 0 Å². The van der Waals surface area contributed by atoms with Crippen molar-refractivity contribution in [1.82, 2.24) is 0 Å². The van der Waals surface area contributed by atoms with Gasteiger partial charge < -0.3 is 5.11 Å². The van der Waals surface area contributed by atoms with Crippen molar-refractivity contribution in [2.75, 3.05) is 0 Å². The third kappa shape index (κ3) is 5.33. The van der Waals surface area contributed by atoms with Crippen molar-refractivity contribution in [3.8, 4) is 0 Å². The summed E-state index contributed by atoms with van der Waals surface area (Å²) < 4.78 is 46.3. The van der Waals surface area contributed by atoms with Gasteiger partial charge in [0, 0.05) is 5.40 Å². The van der Waals surface area contributed by atoms with Crippen molar-refractivity contribution in [3.05, 3.63) is 59.7 Å². The van der Waals surface area contributed by atoms with E-state index in [2.05, 4.69) is 4.18 Å². The predicted octanol–water partition coefficient (Wildman–Crippen LogP) is 0.554. The first-order chi connectivity index (χ1) is 12.3. The van der Waals surface area contributed by atoms with Gasteiger partial charge in [0.15, 0.2) is 18.9 Å². The molecule has 0 fully saturated rings. The van der Waals surface area contributed by atoms with Gasteiger partial charge in [-0.05, 0) is 38.1 Å². The maximum absolute atomic E-state index is 12.3. The molecule has 11 heteroatoms. The lowest BCUT2D eigenvalue weighted by Crippen LogP contribution is -2.60. The predicted molar refractivity (Wildman–Crippen MR) is 103 cm³/mol. The first-order valence-electron chi connectivity index (χ1n) is 7.63. The molecular formula is C16H15B3O6S2. The highest BCUT2D eigenvalue weighted by Gasteiger charge is 2.45. The van der Waals surface area contributed by atoms with Crippen LogP contribution in [0.2, 0.25) is 0 Å². The Morgan fingerprint density at radius 1 is 0.926 bits per heavy atom. The average Bonchev–Trinajstić information content (AvgIpc) is 2.54. The Morgan fingerprint density at radius 3 is 1.85 bits per heavy atom. The molecule has 0 amide bonds.